The summed E-state index contributed by atoms with van der Waals surface area (Å²) in [6.07, 6.45) is 67.8. The second-order valence-electron chi connectivity index (χ2n) is 25.9. The molecule has 0 saturated carbocycles. The lowest BCUT2D eigenvalue weighted by atomic mass is 10.0. The van der Waals surface area contributed by atoms with Crippen molar-refractivity contribution in [1.29, 1.82) is 0 Å². The molecule has 0 aromatic rings. The van der Waals surface area contributed by atoms with Crippen LogP contribution < -0.4 is 0 Å². The number of carbonyl (C=O) groups excluding carboxylic acids is 4. The van der Waals surface area contributed by atoms with Crippen molar-refractivity contribution in [2.45, 2.75) is 367 Å². The van der Waals surface area contributed by atoms with Crippen LogP contribution in [0.25, 0.3) is 0 Å². The predicted octanol–water partition coefficient (Wildman–Crippen LogP) is 21.9. The maximum absolute atomic E-state index is 13.1. The summed E-state index contributed by atoms with van der Waals surface area (Å²) in [7, 11) is -9.93. The van der Waals surface area contributed by atoms with Gasteiger partial charge in [0.1, 0.15) is 19.3 Å². The standard InChI is InChI=1S/C77H140O17P2/c1-5-9-13-17-21-25-29-32-34-35-37-39-43-46-50-54-58-62-75(80)88-68-73(94-77(82)64-60-56-52-48-44-40-36-33-30-26-22-18-14-10-6-2)70-92-96(85,86)90-66-71(78)65-89-95(83,84)91-69-72(93-76(81)63-59-55-51-47-41-28-24-20-16-12-8-4)67-87-74(79)61-57-53-49-45-42-38-31-27-23-19-15-11-7-3/h9,13,21,25,27,31-32,34,37,39,71-73,78H,5-8,10-12,14-20,22-24,26,28-30,33,35-36,38,40-70H2,1-4H3,(H,83,84)(H,85,86)/b13-9-,25-21-,31-27-,34-32-,39-37-. The number of phosphoric ester groups is 2. The normalized spacial score (nSPS) is 14.3. The molecule has 0 saturated heterocycles. The highest BCUT2D eigenvalue weighted by Crippen LogP contribution is 2.45. The Hall–Kier alpha value is -3.24. The van der Waals surface area contributed by atoms with E-state index in [0.717, 1.165) is 141 Å². The van der Waals surface area contributed by atoms with Crippen LogP contribution in [0.15, 0.2) is 60.8 Å². The SMILES string of the molecule is CC/C=C\C/C=C\C/C=C\C/C=C\CCCCCCC(=O)OCC(COP(=O)(O)OCC(O)COP(=O)(O)OCC(COC(=O)CCCCCCC/C=C\CCCCCC)OC(=O)CCCCCCCCCCCCC)OC(=O)CCCCCCCCCCCCCCCCC. The number of carbonyl (C=O) groups is 4. The fourth-order valence-corrected chi connectivity index (χ4v) is 12.2. The van der Waals surface area contributed by atoms with Crippen LogP contribution in [0.3, 0.4) is 0 Å². The number of ether oxygens (including phenoxy) is 4. The van der Waals surface area contributed by atoms with Gasteiger partial charge in [-0.1, -0.05) is 294 Å². The summed E-state index contributed by atoms with van der Waals surface area (Å²) in [4.78, 5) is 72.8. The van der Waals surface area contributed by atoms with Gasteiger partial charge in [-0.15, -0.1) is 0 Å². The number of aliphatic hydroxyl groups excluding tert-OH is 1. The number of unbranched alkanes of at least 4 members (excludes halogenated alkanes) is 37. The van der Waals surface area contributed by atoms with E-state index in [1.54, 1.807) is 0 Å². The lowest BCUT2D eigenvalue weighted by Gasteiger charge is -2.21. The van der Waals surface area contributed by atoms with Gasteiger partial charge in [0.05, 0.1) is 26.4 Å². The molecule has 0 rings (SSSR count). The number of aliphatic hydroxyl groups is 1. The van der Waals surface area contributed by atoms with Gasteiger partial charge in [0.25, 0.3) is 0 Å². The molecule has 0 bridgehead atoms. The van der Waals surface area contributed by atoms with Crippen molar-refractivity contribution in [2.75, 3.05) is 39.6 Å². The monoisotopic (exact) mass is 1400 g/mol. The van der Waals surface area contributed by atoms with Crippen LogP contribution in [-0.4, -0.2) is 96.7 Å². The summed E-state index contributed by atoms with van der Waals surface area (Å²) in [6, 6.07) is 0. The first-order valence-corrected chi connectivity index (χ1v) is 41.5. The molecule has 560 valence electrons. The van der Waals surface area contributed by atoms with Crippen molar-refractivity contribution in [3.05, 3.63) is 60.8 Å². The Balaban J connectivity index is 5.32. The maximum Gasteiger partial charge on any atom is 0.472 e. The molecule has 17 nitrogen and oxygen atoms in total. The Morgan fingerprint density at radius 2 is 0.542 bits per heavy atom. The van der Waals surface area contributed by atoms with E-state index in [-0.39, 0.29) is 25.7 Å². The predicted molar refractivity (Wildman–Crippen MR) is 390 cm³/mol. The summed E-state index contributed by atoms with van der Waals surface area (Å²) in [5.74, 6) is -2.18. The number of allylic oxidation sites excluding steroid dienone is 10. The van der Waals surface area contributed by atoms with Gasteiger partial charge in [-0.2, -0.15) is 0 Å². The van der Waals surface area contributed by atoms with Gasteiger partial charge < -0.3 is 33.8 Å². The molecule has 0 aromatic heterocycles. The fourth-order valence-electron chi connectivity index (χ4n) is 10.6. The molecule has 5 atom stereocenters. The van der Waals surface area contributed by atoms with Gasteiger partial charge in [-0.3, -0.25) is 37.3 Å². The van der Waals surface area contributed by atoms with Crippen LogP contribution >= 0.6 is 15.6 Å². The molecule has 0 spiro atoms. The zero-order chi connectivity index (χ0) is 70.4. The van der Waals surface area contributed by atoms with Crippen molar-refractivity contribution >= 4 is 39.5 Å². The van der Waals surface area contributed by atoms with Crippen molar-refractivity contribution in [3.8, 4) is 0 Å². The number of rotatable bonds is 73. The number of hydrogen-bond acceptors (Lipinski definition) is 15. The van der Waals surface area contributed by atoms with E-state index in [0.29, 0.717) is 25.7 Å². The molecular formula is C77H140O17P2. The molecule has 0 heterocycles. The molecule has 0 fully saturated rings. The average Bonchev–Trinajstić information content (AvgIpc) is 2.18. The third kappa shape index (κ3) is 69.2. The van der Waals surface area contributed by atoms with Crippen LogP contribution in [0.5, 0.6) is 0 Å². The van der Waals surface area contributed by atoms with Crippen molar-refractivity contribution in [2.24, 2.45) is 0 Å². The Labute approximate surface area is 584 Å². The molecule has 0 radical (unpaired) electrons. The van der Waals surface area contributed by atoms with Gasteiger partial charge in [0.15, 0.2) is 12.2 Å². The number of hydrogen-bond donors (Lipinski definition) is 3. The van der Waals surface area contributed by atoms with Gasteiger partial charge in [-0.05, 0) is 89.9 Å². The molecule has 19 heteroatoms. The molecule has 0 aliphatic carbocycles. The maximum atomic E-state index is 13.1. The highest BCUT2D eigenvalue weighted by Gasteiger charge is 2.30. The second-order valence-corrected chi connectivity index (χ2v) is 28.8. The summed E-state index contributed by atoms with van der Waals surface area (Å²) >= 11 is 0. The Bertz CT molecular complexity index is 2060. The minimum Gasteiger partial charge on any atom is -0.462 e. The first-order chi connectivity index (χ1) is 46.7. The van der Waals surface area contributed by atoms with Crippen molar-refractivity contribution < 1.29 is 80.2 Å². The summed E-state index contributed by atoms with van der Waals surface area (Å²) in [5.41, 5.74) is 0. The van der Waals surface area contributed by atoms with Crippen LogP contribution in [0.4, 0.5) is 0 Å². The molecule has 5 unspecified atom stereocenters. The van der Waals surface area contributed by atoms with E-state index in [9.17, 15) is 43.2 Å². The first-order valence-electron chi connectivity index (χ1n) is 38.5. The van der Waals surface area contributed by atoms with E-state index in [2.05, 4.69) is 88.5 Å². The van der Waals surface area contributed by atoms with Gasteiger partial charge in [-0.25, -0.2) is 9.13 Å². The van der Waals surface area contributed by atoms with Gasteiger partial charge in [0, 0.05) is 25.7 Å². The summed E-state index contributed by atoms with van der Waals surface area (Å²) < 4.78 is 68.4. The molecule has 0 aliphatic rings. The van der Waals surface area contributed by atoms with Crippen LogP contribution in [0.1, 0.15) is 349 Å². The average molecular weight is 1400 g/mol. The van der Waals surface area contributed by atoms with E-state index in [1.807, 2.05) is 0 Å². The Morgan fingerprint density at radius 3 is 0.854 bits per heavy atom. The minimum atomic E-state index is -4.97. The van der Waals surface area contributed by atoms with Crippen molar-refractivity contribution in [3.63, 3.8) is 0 Å². The van der Waals surface area contributed by atoms with Crippen molar-refractivity contribution in [1.82, 2.24) is 0 Å². The van der Waals surface area contributed by atoms with Gasteiger partial charge in [0.2, 0.25) is 0 Å². The van der Waals surface area contributed by atoms with Crippen LogP contribution in [0, 0.1) is 0 Å². The number of phosphoric acid groups is 2. The fraction of sp³-hybridized carbons (Fsp3) is 0.818. The largest absolute Gasteiger partial charge is 0.472 e. The van der Waals surface area contributed by atoms with E-state index >= 15 is 0 Å². The van der Waals surface area contributed by atoms with Crippen LogP contribution in [-0.2, 0) is 65.4 Å². The quantitative estimate of drug-likeness (QED) is 0.0169. The first kappa shape index (κ1) is 92.8. The van der Waals surface area contributed by atoms with E-state index in [4.69, 9.17) is 37.0 Å². The molecule has 96 heavy (non-hydrogen) atoms. The molecular weight excluding hydrogens is 1260 g/mol. The van der Waals surface area contributed by atoms with Crippen LogP contribution in [0.2, 0.25) is 0 Å². The van der Waals surface area contributed by atoms with E-state index < -0.39 is 97.5 Å². The topological polar surface area (TPSA) is 237 Å². The third-order valence-corrected chi connectivity index (χ3v) is 18.4. The summed E-state index contributed by atoms with van der Waals surface area (Å²) in [5, 5.41) is 10.6. The Morgan fingerprint density at radius 1 is 0.302 bits per heavy atom. The molecule has 0 aliphatic heterocycles. The number of esters is 4. The second kappa shape index (κ2) is 70.2. The lowest BCUT2D eigenvalue weighted by Crippen LogP contribution is -2.30. The van der Waals surface area contributed by atoms with Gasteiger partial charge >= 0.3 is 39.5 Å². The zero-order valence-corrected chi connectivity index (χ0v) is 62.8. The third-order valence-electron chi connectivity index (χ3n) is 16.5. The summed E-state index contributed by atoms with van der Waals surface area (Å²) in [6.45, 7) is 4.76. The smallest absolute Gasteiger partial charge is 0.462 e. The Kier molecular flexibility index (Phi) is 67.8. The molecule has 0 amide bonds. The van der Waals surface area contributed by atoms with E-state index in [1.165, 1.54) is 128 Å². The highest BCUT2D eigenvalue weighted by atomic mass is 31.2. The molecule has 0 aromatic carbocycles. The molecule has 3 N–H and O–H groups in total. The zero-order valence-electron chi connectivity index (χ0n) is 61.1. The lowest BCUT2D eigenvalue weighted by molar-refractivity contribution is -0.161. The highest BCUT2D eigenvalue weighted by molar-refractivity contribution is 7.47. The minimum absolute atomic E-state index is 0.0957.